The molecule has 0 radical (unpaired) electrons. The fourth-order valence-corrected chi connectivity index (χ4v) is 4.73. The molecular weight excluding hydrogens is 422 g/mol. The highest BCUT2D eigenvalue weighted by molar-refractivity contribution is 6.12. The van der Waals surface area contributed by atoms with Gasteiger partial charge in [-0.2, -0.15) is 0 Å². The molecule has 3 rings (SSSR count). The molecule has 1 aliphatic heterocycles. The molecule has 0 fully saturated rings. The van der Waals surface area contributed by atoms with Gasteiger partial charge in [0, 0.05) is 22.9 Å². The molecule has 0 amide bonds. The third kappa shape index (κ3) is 4.82. The van der Waals surface area contributed by atoms with Crippen molar-refractivity contribution in [2.75, 3.05) is 20.3 Å². The SMILES string of the molecule is CCCC1=C(C(=O)OCC)C(c2ccc(OC)cc2)C2=C(CC(C)C(C(=O)OCC)C2=O)N1. The lowest BCUT2D eigenvalue weighted by molar-refractivity contribution is -0.153. The van der Waals surface area contributed by atoms with Crippen molar-refractivity contribution in [2.24, 2.45) is 11.8 Å². The lowest BCUT2D eigenvalue weighted by atomic mass is 9.69. The third-order valence-electron chi connectivity index (χ3n) is 6.16. The lowest BCUT2D eigenvalue weighted by Gasteiger charge is -2.39. The number of nitrogens with one attached hydrogen (secondary N) is 1. The molecule has 3 atom stereocenters. The second-order valence-corrected chi connectivity index (χ2v) is 8.36. The van der Waals surface area contributed by atoms with Gasteiger partial charge in [-0.1, -0.05) is 32.4 Å². The minimum absolute atomic E-state index is 0.204. The van der Waals surface area contributed by atoms with Crippen LogP contribution >= 0.6 is 0 Å². The molecule has 7 heteroatoms. The summed E-state index contributed by atoms with van der Waals surface area (Å²) >= 11 is 0. The number of esters is 2. The van der Waals surface area contributed by atoms with Gasteiger partial charge in [0.25, 0.3) is 0 Å². The van der Waals surface area contributed by atoms with Gasteiger partial charge >= 0.3 is 11.9 Å². The minimum atomic E-state index is -0.901. The normalized spacial score (nSPS) is 22.5. The molecule has 0 saturated heterocycles. The largest absolute Gasteiger partial charge is 0.497 e. The molecule has 0 bridgehead atoms. The molecule has 1 aliphatic carbocycles. The van der Waals surface area contributed by atoms with Gasteiger partial charge in [-0.05, 0) is 50.3 Å². The molecule has 1 heterocycles. The Kier molecular flexibility index (Phi) is 7.95. The molecular formula is C26H33NO6. The van der Waals surface area contributed by atoms with E-state index >= 15 is 0 Å². The van der Waals surface area contributed by atoms with Crippen molar-refractivity contribution < 1.29 is 28.6 Å². The quantitative estimate of drug-likeness (QED) is 0.467. The van der Waals surface area contributed by atoms with Gasteiger partial charge in [0.05, 0.1) is 25.9 Å². The average molecular weight is 456 g/mol. The van der Waals surface area contributed by atoms with Crippen molar-refractivity contribution in [2.45, 2.75) is 52.9 Å². The predicted octanol–water partition coefficient (Wildman–Crippen LogP) is 4.04. The van der Waals surface area contributed by atoms with Crippen molar-refractivity contribution in [1.82, 2.24) is 5.32 Å². The number of methoxy groups -OCH3 is 1. The number of dihydropyridines is 1. The summed E-state index contributed by atoms with van der Waals surface area (Å²) < 4.78 is 15.9. The molecule has 0 spiro atoms. The van der Waals surface area contributed by atoms with Crippen molar-refractivity contribution in [3.63, 3.8) is 0 Å². The van der Waals surface area contributed by atoms with E-state index in [0.717, 1.165) is 23.4 Å². The number of carbonyl (C=O) groups excluding carboxylic acids is 3. The van der Waals surface area contributed by atoms with Crippen molar-refractivity contribution in [3.8, 4) is 5.75 Å². The second-order valence-electron chi connectivity index (χ2n) is 8.36. The topological polar surface area (TPSA) is 90.9 Å². The van der Waals surface area contributed by atoms with Gasteiger partial charge in [-0.15, -0.1) is 0 Å². The summed E-state index contributed by atoms with van der Waals surface area (Å²) in [5.41, 5.74) is 3.18. The van der Waals surface area contributed by atoms with E-state index in [0.29, 0.717) is 29.7 Å². The van der Waals surface area contributed by atoms with Crippen LogP contribution in [0.15, 0.2) is 46.8 Å². The first-order chi connectivity index (χ1) is 15.9. The summed E-state index contributed by atoms with van der Waals surface area (Å²) in [5.74, 6) is -2.35. The maximum atomic E-state index is 13.8. The van der Waals surface area contributed by atoms with Crippen LogP contribution in [-0.2, 0) is 23.9 Å². The number of hydrogen-bond donors (Lipinski definition) is 1. The van der Waals surface area contributed by atoms with E-state index in [2.05, 4.69) is 5.32 Å². The van der Waals surface area contributed by atoms with Crippen LogP contribution in [0.5, 0.6) is 5.75 Å². The van der Waals surface area contributed by atoms with Gasteiger partial charge in [-0.3, -0.25) is 9.59 Å². The molecule has 178 valence electrons. The van der Waals surface area contributed by atoms with Crippen LogP contribution in [0.2, 0.25) is 0 Å². The Morgan fingerprint density at radius 2 is 1.73 bits per heavy atom. The van der Waals surface area contributed by atoms with Gasteiger partial charge in [0.15, 0.2) is 5.78 Å². The smallest absolute Gasteiger partial charge is 0.336 e. The van der Waals surface area contributed by atoms with Crippen molar-refractivity contribution in [1.29, 1.82) is 0 Å². The Morgan fingerprint density at radius 1 is 1.06 bits per heavy atom. The molecule has 0 aromatic heterocycles. The number of benzene rings is 1. The summed E-state index contributed by atoms with van der Waals surface area (Å²) in [6.07, 6.45) is 1.97. The Labute approximate surface area is 195 Å². The maximum absolute atomic E-state index is 13.8. The number of allylic oxidation sites excluding steroid dienone is 3. The summed E-state index contributed by atoms with van der Waals surface area (Å²) in [6.45, 7) is 7.83. The molecule has 1 N–H and O–H groups in total. The number of ether oxygens (including phenoxy) is 3. The number of hydrogen-bond acceptors (Lipinski definition) is 7. The van der Waals surface area contributed by atoms with Crippen LogP contribution in [0, 0.1) is 11.8 Å². The summed E-state index contributed by atoms with van der Waals surface area (Å²) in [6, 6.07) is 7.32. The Hall–Kier alpha value is -3.09. The van der Waals surface area contributed by atoms with Crippen LogP contribution in [0.25, 0.3) is 0 Å². The van der Waals surface area contributed by atoms with E-state index in [1.165, 1.54) is 0 Å². The third-order valence-corrected chi connectivity index (χ3v) is 6.16. The van der Waals surface area contributed by atoms with E-state index in [-0.39, 0.29) is 24.9 Å². The Morgan fingerprint density at radius 3 is 2.30 bits per heavy atom. The molecule has 3 unspecified atom stereocenters. The van der Waals surface area contributed by atoms with Gasteiger partial charge in [-0.25, -0.2) is 4.79 Å². The molecule has 7 nitrogen and oxygen atoms in total. The molecule has 0 saturated carbocycles. The zero-order chi connectivity index (χ0) is 24.1. The number of carbonyl (C=O) groups is 3. The molecule has 33 heavy (non-hydrogen) atoms. The Balaban J connectivity index is 2.19. The zero-order valence-corrected chi connectivity index (χ0v) is 20.0. The predicted molar refractivity (Wildman–Crippen MR) is 123 cm³/mol. The molecule has 1 aromatic carbocycles. The average Bonchev–Trinajstić information content (AvgIpc) is 2.78. The minimum Gasteiger partial charge on any atom is -0.497 e. The second kappa shape index (κ2) is 10.7. The van der Waals surface area contributed by atoms with E-state index in [1.54, 1.807) is 33.1 Å². The van der Waals surface area contributed by atoms with Crippen LogP contribution in [0.1, 0.15) is 58.4 Å². The van der Waals surface area contributed by atoms with Crippen LogP contribution in [0.3, 0.4) is 0 Å². The van der Waals surface area contributed by atoms with Gasteiger partial charge in [0.2, 0.25) is 0 Å². The lowest BCUT2D eigenvalue weighted by Crippen LogP contribution is -2.43. The fraction of sp³-hybridized carbons (Fsp3) is 0.500. The number of Topliss-reactive ketones (excluding diaryl/α,β-unsaturated/α-hetero) is 1. The first-order valence-corrected chi connectivity index (χ1v) is 11.6. The van der Waals surface area contributed by atoms with Crippen molar-refractivity contribution in [3.05, 3.63) is 52.4 Å². The summed E-state index contributed by atoms with van der Waals surface area (Å²) in [4.78, 5) is 39.7. The first-order valence-electron chi connectivity index (χ1n) is 11.6. The highest BCUT2D eigenvalue weighted by Crippen LogP contribution is 2.46. The zero-order valence-electron chi connectivity index (χ0n) is 20.0. The van der Waals surface area contributed by atoms with Gasteiger partial charge < -0.3 is 19.5 Å². The summed E-state index contributed by atoms with van der Waals surface area (Å²) in [5, 5.41) is 3.38. The molecule has 1 aromatic rings. The van der Waals surface area contributed by atoms with Crippen LogP contribution in [-0.4, -0.2) is 38.0 Å². The van der Waals surface area contributed by atoms with Crippen LogP contribution < -0.4 is 10.1 Å². The molecule has 2 aliphatic rings. The van der Waals surface area contributed by atoms with Gasteiger partial charge in [0.1, 0.15) is 11.7 Å². The van der Waals surface area contributed by atoms with Crippen molar-refractivity contribution >= 4 is 17.7 Å². The highest BCUT2D eigenvalue weighted by Gasteiger charge is 2.47. The standard InChI is InChI=1S/C26H33NO6/c1-6-9-18-23(26(30)33-8-3)21(16-10-12-17(31-5)13-11-16)22-19(27-18)14-15(4)20(24(22)28)25(29)32-7-2/h10-13,15,20-21,27H,6-9,14H2,1-5H3. The fourth-order valence-electron chi connectivity index (χ4n) is 4.73. The monoisotopic (exact) mass is 455 g/mol. The number of ketones is 1. The summed E-state index contributed by atoms with van der Waals surface area (Å²) in [7, 11) is 1.58. The highest BCUT2D eigenvalue weighted by atomic mass is 16.5. The van der Waals surface area contributed by atoms with E-state index in [4.69, 9.17) is 14.2 Å². The number of rotatable bonds is 8. The first kappa shape index (κ1) is 24.6. The van der Waals surface area contributed by atoms with Crippen LogP contribution in [0.4, 0.5) is 0 Å². The van der Waals surface area contributed by atoms with E-state index in [9.17, 15) is 14.4 Å². The van der Waals surface area contributed by atoms with E-state index < -0.39 is 23.8 Å². The maximum Gasteiger partial charge on any atom is 0.336 e. The Bertz CT molecular complexity index is 975. The van der Waals surface area contributed by atoms with E-state index in [1.807, 2.05) is 26.0 Å².